The van der Waals surface area contributed by atoms with Crippen LogP contribution in [0.2, 0.25) is 0 Å². The van der Waals surface area contributed by atoms with E-state index in [0.717, 1.165) is 43.0 Å². The number of hydrogen-bond donors (Lipinski definition) is 1. The summed E-state index contributed by atoms with van der Waals surface area (Å²) in [5.74, 6) is -5.84. The van der Waals surface area contributed by atoms with Crippen LogP contribution in [0.1, 0.15) is 31.2 Å². The van der Waals surface area contributed by atoms with Crippen LogP contribution < -0.4 is 15.0 Å². The lowest BCUT2D eigenvalue weighted by Gasteiger charge is -2.42. The highest BCUT2D eigenvalue weighted by molar-refractivity contribution is 6.37. The van der Waals surface area contributed by atoms with E-state index < -0.39 is 59.0 Å². The molecule has 2 amide bonds. The van der Waals surface area contributed by atoms with Crippen molar-refractivity contribution in [2.24, 2.45) is 0 Å². The van der Waals surface area contributed by atoms with Crippen molar-refractivity contribution in [1.82, 2.24) is 15.3 Å². The Kier molecular flexibility index (Phi) is 8.34. The monoisotopic (exact) mass is 550 g/mol. The predicted octanol–water partition coefficient (Wildman–Crippen LogP) is 4.23. The van der Waals surface area contributed by atoms with Gasteiger partial charge in [-0.25, -0.2) is 23.1 Å². The average Bonchev–Trinajstić information content (AvgIpc) is 2.81. The van der Waals surface area contributed by atoms with Gasteiger partial charge in [0, 0.05) is 54.1 Å². The molecule has 1 aromatic heterocycles. The lowest BCUT2D eigenvalue weighted by Crippen LogP contribution is -2.62. The smallest absolute Gasteiger partial charge is 0.420 e. The average molecular weight is 551 g/mol. The third kappa shape index (κ3) is 6.55. The van der Waals surface area contributed by atoms with Crippen LogP contribution in [0.4, 0.5) is 27.6 Å². The summed E-state index contributed by atoms with van der Waals surface area (Å²) >= 11 is 10.2. The van der Waals surface area contributed by atoms with Gasteiger partial charge in [0.25, 0.3) is 11.5 Å². The van der Waals surface area contributed by atoms with Gasteiger partial charge < -0.3 is 10.1 Å². The molecule has 7 nitrogen and oxygen atoms in total. The van der Waals surface area contributed by atoms with Crippen molar-refractivity contribution in [3.05, 3.63) is 48.5 Å². The zero-order valence-corrected chi connectivity index (χ0v) is 19.8. The van der Waals surface area contributed by atoms with Crippen LogP contribution in [-0.2, 0) is 15.0 Å². The predicted molar refractivity (Wildman–Crippen MR) is 121 cm³/mol. The maximum atomic E-state index is 14.1. The highest BCUT2D eigenvalue weighted by Gasteiger charge is 2.47. The number of carbonyl (C=O) groups excluding carboxylic acids is 2. The van der Waals surface area contributed by atoms with Crippen molar-refractivity contribution < 1.29 is 36.3 Å². The molecule has 3 rings (SSSR count). The maximum Gasteiger partial charge on any atom is 0.487 e. The highest BCUT2D eigenvalue weighted by atomic mass is 35.5. The molecule has 1 saturated carbocycles. The number of hydrogen-bond acceptors (Lipinski definition) is 5. The topological polar surface area (TPSA) is 84.4 Å². The zero-order valence-electron chi connectivity index (χ0n) is 18.3. The van der Waals surface area contributed by atoms with Crippen molar-refractivity contribution in [3.63, 3.8) is 0 Å². The second-order valence-corrected chi connectivity index (χ2v) is 8.84. The molecule has 1 aliphatic rings. The van der Waals surface area contributed by atoms with E-state index in [1.165, 1.54) is 0 Å². The SMILES string of the molecule is [B][C@](C(=O)NC1CCC(F)(F)CC1)(c1cncnc1)N(C(=O)[C@H](F)Cl)c1ccc(OC(F)(F)Cl)cc1. The molecule has 0 saturated heterocycles. The van der Waals surface area contributed by atoms with E-state index in [2.05, 4.69) is 20.0 Å². The second kappa shape index (κ2) is 10.8. The molecular weight excluding hydrogens is 533 g/mol. The quantitative estimate of drug-likeness (QED) is 0.302. The first-order valence-corrected chi connectivity index (χ1v) is 11.3. The number of nitrogens with zero attached hydrogens (tertiary/aromatic N) is 3. The van der Waals surface area contributed by atoms with Crippen molar-refractivity contribution in [3.8, 4) is 5.75 Å². The molecular formula is C21H18BCl2F5N4O3. The summed E-state index contributed by atoms with van der Waals surface area (Å²) in [5, 5.41) is 2.53. The molecule has 36 heavy (non-hydrogen) atoms. The Balaban J connectivity index is 2.04. The van der Waals surface area contributed by atoms with Crippen LogP contribution in [0.3, 0.4) is 0 Å². The third-order valence-electron chi connectivity index (χ3n) is 5.49. The molecule has 0 spiro atoms. The highest BCUT2D eigenvalue weighted by Crippen LogP contribution is 2.36. The summed E-state index contributed by atoms with van der Waals surface area (Å²) in [6.07, 6.45) is 2.18. The van der Waals surface area contributed by atoms with Gasteiger partial charge in [-0.3, -0.25) is 14.5 Å². The Bertz CT molecular complexity index is 1070. The first kappa shape index (κ1) is 27.9. The molecule has 1 heterocycles. The molecule has 15 heteroatoms. The first-order valence-electron chi connectivity index (χ1n) is 10.4. The number of nitrogens with one attached hydrogen (secondary N) is 1. The number of anilines is 1. The van der Waals surface area contributed by atoms with Gasteiger partial charge >= 0.3 is 5.57 Å². The fraction of sp³-hybridized carbons (Fsp3) is 0.429. The van der Waals surface area contributed by atoms with Crippen molar-refractivity contribution >= 4 is 48.5 Å². The van der Waals surface area contributed by atoms with Crippen molar-refractivity contribution in [1.29, 1.82) is 0 Å². The zero-order chi connectivity index (χ0) is 26.7. The Labute approximate surface area is 213 Å². The lowest BCUT2D eigenvalue weighted by atomic mass is 9.69. The molecule has 0 aliphatic heterocycles. The Morgan fingerprint density at radius 3 is 2.22 bits per heavy atom. The fourth-order valence-electron chi connectivity index (χ4n) is 3.74. The van der Waals surface area contributed by atoms with Crippen LogP contribution in [0.5, 0.6) is 5.75 Å². The van der Waals surface area contributed by atoms with Gasteiger partial charge in [0.2, 0.25) is 11.8 Å². The molecule has 2 aromatic rings. The molecule has 2 atom stereocenters. The first-order chi connectivity index (χ1) is 16.7. The van der Waals surface area contributed by atoms with Crippen molar-refractivity contribution in [2.45, 2.75) is 54.3 Å². The maximum absolute atomic E-state index is 14.1. The summed E-state index contributed by atoms with van der Waals surface area (Å²) in [7, 11) is 6.46. The van der Waals surface area contributed by atoms with E-state index in [0.29, 0.717) is 4.90 Å². The summed E-state index contributed by atoms with van der Waals surface area (Å²) < 4.78 is 71.4. The van der Waals surface area contributed by atoms with Gasteiger partial charge in [0.15, 0.2) is 0 Å². The molecule has 1 N–H and O–H groups in total. The second-order valence-electron chi connectivity index (χ2n) is 8.01. The summed E-state index contributed by atoms with van der Waals surface area (Å²) in [6.45, 7) is 0. The van der Waals surface area contributed by atoms with E-state index in [9.17, 15) is 31.5 Å². The van der Waals surface area contributed by atoms with Gasteiger partial charge in [0.1, 0.15) is 25.4 Å². The summed E-state index contributed by atoms with van der Waals surface area (Å²) in [4.78, 5) is 34.5. The van der Waals surface area contributed by atoms with Gasteiger partial charge in [0.05, 0.1) is 0 Å². The Morgan fingerprint density at radius 1 is 1.17 bits per heavy atom. The minimum atomic E-state index is -4.03. The van der Waals surface area contributed by atoms with Gasteiger partial charge in [-0.2, -0.15) is 0 Å². The van der Waals surface area contributed by atoms with E-state index in [4.69, 9.17) is 31.0 Å². The van der Waals surface area contributed by atoms with Gasteiger partial charge in [-0.1, -0.05) is 11.6 Å². The minimum Gasteiger partial charge on any atom is -0.420 e. The number of benzene rings is 1. The molecule has 1 fully saturated rings. The van der Waals surface area contributed by atoms with Crippen LogP contribution in [-0.4, -0.2) is 52.8 Å². The number of amides is 2. The summed E-state index contributed by atoms with van der Waals surface area (Å²) in [6, 6.07) is 3.29. The van der Waals surface area contributed by atoms with Gasteiger partial charge in [-0.05, 0) is 37.1 Å². The fourth-order valence-corrected chi connectivity index (χ4v) is 3.92. The normalized spacial score (nSPS) is 18.5. The molecule has 1 aliphatic carbocycles. The van der Waals surface area contributed by atoms with Crippen molar-refractivity contribution in [2.75, 3.05) is 4.90 Å². The van der Waals surface area contributed by atoms with Crippen LogP contribution in [0, 0.1) is 0 Å². The van der Waals surface area contributed by atoms with E-state index in [1.54, 1.807) is 0 Å². The van der Waals surface area contributed by atoms with Gasteiger partial charge in [-0.15, -0.1) is 8.78 Å². The van der Waals surface area contributed by atoms with Crippen LogP contribution in [0.25, 0.3) is 0 Å². The number of aromatic nitrogens is 2. The van der Waals surface area contributed by atoms with E-state index in [-0.39, 0.29) is 24.1 Å². The number of rotatable bonds is 8. The molecule has 0 bridgehead atoms. The standard InChI is InChI=1S/C21H18BCl2F5N4O3/c22-20(12-9-30-11-31-10-12,18(35)32-13-5-7-19(26,27)8-6-13)33(17(34)16(23)25)14-1-3-15(4-2-14)36-21(24,28)29/h1-4,9-11,13,16H,5-8H2,(H,32,35)/t16-,20+/m0/s1. The minimum absolute atomic E-state index is 0.0754. The summed E-state index contributed by atoms with van der Waals surface area (Å²) in [5.41, 5.74) is -9.67. The van der Waals surface area contributed by atoms with Crippen LogP contribution in [0.15, 0.2) is 43.0 Å². The number of carbonyl (C=O) groups is 2. The Morgan fingerprint density at radius 2 is 1.72 bits per heavy atom. The molecule has 1 aromatic carbocycles. The van der Waals surface area contributed by atoms with E-state index in [1.807, 2.05) is 0 Å². The molecule has 192 valence electrons. The Hall–Kier alpha value is -2.67. The van der Waals surface area contributed by atoms with Crippen LogP contribution >= 0.6 is 23.2 Å². The largest absolute Gasteiger partial charge is 0.487 e. The van der Waals surface area contributed by atoms with E-state index >= 15 is 0 Å². The number of halogens is 7. The molecule has 2 radical (unpaired) electrons. The third-order valence-corrected chi connectivity index (χ3v) is 5.75. The lowest BCUT2D eigenvalue weighted by molar-refractivity contribution is -0.130. The molecule has 0 unspecified atom stereocenters. The number of ether oxygens (including phenoxy) is 1. The number of alkyl halides is 7.